The first-order valence-electron chi connectivity index (χ1n) is 6.64. The highest BCUT2D eigenvalue weighted by atomic mass is 15.1. The van der Waals surface area contributed by atoms with E-state index in [1.165, 1.54) is 25.7 Å². The summed E-state index contributed by atoms with van der Waals surface area (Å²) in [6.07, 6.45) is 7.77. The molecule has 1 aliphatic carbocycles. The molecule has 16 heavy (non-hydrogen) atoms. The van der Waals surface area contributed by atoms with E-state index in [0.29, 0.717) is 12.5 Å². The summed E-state index contributed by atoms with van der Waals surface area (Å²) >= 11 is 0. The number of nitrogens with zero attached hydrogens (tertiary/aromatic N) is 2. The molecule has 1 saturated carbocycles. The molecule has 0 aromatic heterocycles. The Morgan fingerprint density at radius 1 is 1.25 bits per heavy atom. The third-order valence-corrected chi connectivity index (χ3v) is 3.65. The van der Waals surface area contributed by atoms with Crippen molar-refractivity contribution in [3.05, 3.63) is 0 Å². The van der Waals surface area contributed by atoms with Crippen LogP contribution in [0.25, 0.3) is 0 Å². The summed E-state index contributed by atoms with van der Waals surface area (Å²) in [6, 6.07) is 3.39. The maximum absolute atomic E-state index is 8.49. The minimum absolute atomic E-state index is 0.438. The molecule has 2 N–H and O–H groups in total. The standard InChI is InChI=1S/C13H25N3/c1-2-16(11-5-3-4-10-14)13-8-6-12(15)7-9-13/h12-13H,2-9,11,15H2,1H3. The Hall–Kier alpha value is -0.590. The Morgan fingerprint density at radius 2 is 1.94 bits per heavy atom. The third-order valence-electron chi connectivity index (χ3n) is 3.65. The monoisotopic (exact) mass is 223 g/mol. The van der Waals surface area contributed by atoms with Gasteiger partial charge in [-0.25, -0.2) is 0 Å². The van der Waals surface area contributed by atoms with Gasteiger partial charge < -0.3 is 10.6 Å². The van der Waals surface area contributed by atoms with Gasteiger partial charge in [0.2, 0.25) is 0 Å². The zero-order chi connectivity index (χ0) is 11.8. The molecular weight excluding hydrogens is 198 g/mol. The fourth-order valence-corrected chi connectivity index (χ4v) is 2.58. The predicted molar refractivity (Wildman–Crippen MR) is 66.9 cm³/mol. The second-order valence-corrected chi connectivity index (χ2v) is 4.81. The van der Waals surface area contributed by atoms with Gasteiger partial charge >= 0.3 is 0 Å². The Bertz CT molecular complexity index is 214. The van der Waals surface area contributed by atoms with Crippen LogP contribution in [0.1, 0.15) is 51.9 Å². The van der Waals surface area contributed by atoms with Gasteiger partial charge in [0.25, 0.3) is 0 Å². The van der Waals surface area contributed by atoms with Crippen LogP contribution in [-0.4, -0.2) is 30.1 Å². The first-order chi connectivity index (χ1) is 7.77. The minimum Gasteiger partial charge on any atom is -0.328 e. The summed E-state index contributed by atoms with van der Waals surface area (Å²) in [4.78, 5) is 2.57. The predicted octanol–water partition coefficient (Wildman–Crippen LogP) is 2.27. The van der Waals surface area contributed by atoms with Crippen LogP contribution >= 0.6 is 0 Å². The van der Waals surface area contributed by atoms with Crippen LogP contribution in [0.3, 0.4) is 0 Å². The van der Waals surface area contributed by atoms with Gasteiger partial charge in [-0.3, -0.25) is 0 Å². The lowest BCUT2D eigenvalue weighted by atomic mass is 9.90. The van der Waals surface area contributed by atoms with Crippen molar-refractivity contribution in [2.24, 2.45) is 5.73 Å². The van der Waals surface area contributed by atoms with Gasteiger partial charge in [-0.2, -0.15) is 5.26 Å². The molecule has 0 aromatic carbocycles. The van der Waals surface area contributed by atoms with Gasteiger partial charge in [0.15, 0.2) is 0 Å². The molecule has 1 fully saturated rings. The molecule has 3 nitrogen and oxygen atoms in total. The number of unbranched alkanes of at least 4 members (excludes halogenated alkanes) is 2. The Kier molecular flexibility index (Phi) is 6.44. The number of rotatable bonds is 6. The second-order valence-electron chi connectivity index (χ2n) is 4.81. The normalized spacial score (nSPS) is 25.6. The maximum atomic E-state index is 8.49. The second kappa shape index (κ2) is 7.65. The lowest BCUT2D eigenvalue weighted by molar-refractivity contribution is 0.154. The van der Waals surface area contributed by atoms with E-state index < -0.39 is 0 Å². The van der Waals surface area contributed by atoms with Gasteiger partial charge in [0.05, 0.1) is 6.07 Å². The SMILES string of the molecule is CCN(CCCCC#N)C1CCC(N)CC1. The zero-order valence-corrected chi connectivity index (χ0v) is 10.5. The summed E-state index contributed by atoms with van der Waals surface area (Å²) in [5, 5.41) is 8.49. The molecule has 0 saturated heterocycles. The third kappa shape index (κ3) is 4.51. The van der Waals surface area contributed by atoms with Crippen LogP contribution in [0.5, 0.6) is 0 Å². The molecule has 0 bridgehead atoms. The van der Waals surface area contributed by atoms with E-state index in [0.717, 1.165) is 32.0 Å². The highest BCUT2D eigenvalue weighted by Gasteiger charge is 2.22. The molecule has 0 radical (unpaired) electrons. The van der Waals surface area contributed by atoms with Gasteiger partial charge in [0, 0.05) is 18.5 Å². The van der Waals surface area contributed by atoms with Gasteiger partial charge in [-0.05, 0) is 51.6 Å². The van der Waals surface area contributed by atoms with E-state index in [2.05, 4.69) is 17.9 Å². The van der Waals surface area contributed by atoms with E-state index in [4.69, 9.17) is 11.0 Å². The summed E-state index contributed by atoms with van der Waals surface area (Å²) in [6.45, 7) is 4.52. The van der Waals surface area contributed by atoms with E-state index in [1.54, 1.807) is 0 Å². The quantitative estimate of drug-likeness (QED) is 0.703. The van der Waals surface area contributed by atoms with Crippen molar-refractivity contribution in [2.75, 3.05) is 13.1 Å². The van der Waals surface area contributed by atoms with Crippen LogP contribution in [0.4, 0.5) is 0 Å². The first kappa shape index (κ1) is 13.5. The lowest BCUT2D eigenvalue weighted by Crippen LogP contribution is -2.41. The van der Waals surface area contributed by atoms with Crippen molar-refractivity contribution in [2.45, 2.75) is 64.0 Å². The molecular formula is C13H25N3. The average molecular weight is 223 g/mol. The van der Waals surface area contributed by atoms with Crippen molar-refractivity contribution in [1.29, 1.82) is 5.26 Å². The molecule has 92 valence electrons. The molecule has 0 atom stereocenters. The molecule has 0 aromatic rings. The summed E-state index contributed by atoms with van der Waals surface area (Å²) < 4.78 is 0. The van der Waals surface area contributed by atoms with Gasteiger partial charge in [-0.15, -0.1) is 0 Å². The number of nitriles is 1. The Morgan fingerprint density at radius 3 is 2.50 bits per heavy atom. The molecule has 1 rings (SSSR count). The average Bonchev–Trinajstić information content (AvgIpc) is 2.31. The summed E-state index contributed by atoms with van der Waals surface area (Å²) in [5.74, 6) is 0. The van der Waals surface area contributed by atoms with Crippen LogP contribution in [-0.2, 0) is 0 Å². The van der Waals surface area contributed by atoms with Crippen LogP contribution in [0.15, 0.2) is 0 Å². The maximum Gasteiger partial charge on any atom is 0.0621 e. The highest BCUT2D eigenvalue weighted by Crippen LogP contribution is 2.22. The highest BCUT2D eigenvalue weighted by molar-refractivity contribution is 4.81. The van der Waals surface area contributed by atoms with Crippen molar-refractivity contribution < 1.29 is 0 Å². The topological polar surface area (TPSA) is 53.0 Å². The van der Waals surface area contributed by atoms with Gasteiger partial charge in [-0.1, -0.05) is 6.92 Å². The molecule has 0 spiro atoms. The Labute approximate surface area is 99.6 Å². The van der Waals surface area contributed by atoms with Crippen molar-refractivity contribution >= 4 is 0 Å². The van der Waals surface area contributed by atoms with Crippen molar-refractivity contribution in [3.63, 3.8) is 0 Å². The fraction of sp³-hybridized carbons (Fsp3) is 0.923. The Balaban J connectivity index is 2.22. The van der Waals surface area contributed by atoms with E-state index >= 15 is 0 Å². The van der Waals surface area contributed by atoms with Crippen LogP contribution in [0.2, 0.25) is 0 Å². The lowest BCUT2D eigenvalue weighted by Gasteiger charge is -2.35. The largest absolute Gasteiger partial charge is 0.328 e. The zero-order valence-electron chi connectivity index (χ0n) is 10.5. The van der Waals surface area contributed by atoms with Crippen LogP contribution in [0, 0.1) is 11.3 Å². The smallest absolute Gasteiger partial charge is 0.0621 e. The molecule has 0 heterocycles. The molecule has 1 aliphatic rings. The molecule has 0 amide bonds. The van der Waals surface area contributed by atoms with Crippen molar-refractivity contribution in [3.8, 4) is 6.07 Å². The van der Waals surface area contributed by atoms with E-state index in [1.807, 2.05) is 0 Å². The van der Waals surface area contributed by atoms with Crippen LogP contribution < -0.4 is 5.73 Å². The molecule has 0 unspecified atom stereocenters. The fourth-order valence-electron chi connectivity index (χ4n) is 2.58. The number of hydrogen-bond donors (Lipinski definition) is 1. The molecule has 3 heteroatoms. The van der Waals surface area contributed by atoms with Gasteiger partial charge in [0.1, 0.15) is 0 Å². The van der Waals surface area contributed by atoms with Crippen molar-refractivity contribution in [1.82, 2.24) is 4.90 Å². The molecule has 0 aliphatic heterocycles. The van der Waals surface area contributed by atoms with E-state index in [-0.39, 0.29) is 0 Å². The first-order valence-corrected chi connectivity index (χ1v) is 6.64. The summed E-state index contributed by atoms with van der Waals surface area (Å²) in [7, 11) is 0. The van der Waals surface area contributed by atoms with E-state index in [9.17, 15) is 0 Å². The number of nitrogens with two attached hydrogens (primary N) is 1. The minimum atomic E-state index is 0.438. The number of hydrogen-bond acceptors (Lipinski definition) is 3. The summed E-state index contributed by atoms with van der Waals surface area (Å²) in [5.41, 5.74) is 5.92.